The van der Waals surface area contributed by atoms with Crippen LogP contribution in [0.3, 0.4) is 0 Å². The van der Waals surface area contributed by atoms with Crippen LogP contribution in [0.2, 0.25) is 0 Å². The lowest BCUT2D eigenvalue weighted by atomic mass is 10.2. The molecular weight excluding hydrogens is 368 g/mol. The highest BCUT2D eigenvalue weighted by Gasteiger charge is 2.19. The van der Waals surface area contributed by atoms with Gasteiger partial charge in [0.1, 0.15) is 23.8 Å². The van der Waals surface area contributed by atoms with E-state index >= 15 is 0 Å². The van der Waals surface area contributed by atoms with Crippen LogP contribution in [0.5, 0.6) is 11.5 Å². The number of nitrogens with zero attached hydrogens (tertiary/aromatic N) is 5. The molecule has 0 spiro atoms. The van der Waals surface area contributed by atoms with Crippen molar-refractivity contribution in [2.24, 2.45) is 0 Å². The first-order valence-electron chi connectivity index (χ1n) is 9.49. The van der Waals surface area contributed by atoms with E-state index in [1.165, 1.54) is 0 Å². The number of piperazine rings is 1. The predicted molar refractivity (Wildman–Crippen MR) is 114 cm³/mol. The average Bonchev–Trinajstić information content (AvgIpc) is 2.80. The highest BCUT2D eigenvalue weighted by atomic mass is 16.5. The molecule has 1 aromatic carbocycles. The second-order valence-electron chi connectivity index (χ2n) is 6.62. The van der Waals surface area contributed by atoms with E-state index < -0.39 is 0 Å². The van der Waals surface area contributed by atoms with E-state index in [0.29, 0.717) is 11.5 Å². The maximum atomic E-state index is 5.36. The fourth-order valence-electron chi connectivity index (χ4n) is 3.36. The number of pyridine rings is 1. The molecule has 0 atom stereocenters. The number of anilines is 4. The molecule has 1 aliphatic heterocycles. The Balaban J connectivity index is 1.43. The molecule has 29 heavy (non-hydrogen) atoms. The zero-order chi connectivity index (χ0) is 20.1. The molecular formula is C21H24N6O2. The minimum atomic E-state index is 0.664. The van der Waals surface area contributed by atoms with Crippen LogP contribution in [-0.4, -0.2) is 55.4 Å². The summed E-state index contributed by atoms with van der Waals surface area (Å²) in [6, 6.07) is 13.6. The number of ether oxygens (including phenoxy) is 2. The highest BCUT2D eigenvalue weighted by molar-refractivity contribution is 5.63. The van der Waals surface area contributed by atoms with E-state index in [1.54, 1.807) is 20.5 Å². The first-order chi connectivity index (χ1) is 14.3. The molecule has 2 aromatic heterocycles. The third-order valence-electron chi connectivity index (χ3n) is 4.89. The Bertz CT molecular complexity index is 945. The van der Waals surface area contributed by atoms with Crippen molar-refractivity contribution in [2.75, 3.05) is 55.5 Å². The summed E-state index contributed by atoms with van der Waals surface area (Å²) >= 11 is 0. The van der Waals surface area contributed by atoms with Gasteiger partial charge in [0.2, 0.25) is 0 Å². The van der Waals surface area contributed by atoms with Gasteiger partial charge < -0.3 is 24.6 Å². The monoisotopic (exact) mass is 392 g/mol. The van der Waals surface area contributed by atoms with Crippen LogP contribution < -0.4 is 24.6 Å². The quantitative estimate of drug-likeness (QED) is 0.686. The molecule has 3 heterocycles. The van der Waals surface area contributed by atoms with Crippen molar-refractivity contribution < 1.29 is 9.47 Å². The minimum Gasteiger partial charge on any atom is -0.493 e. The Morgan fingerprint density at radius 1 is 0.793 bits per heavy atom. The first-order valence-corrected chi connectivity index (χ1v) is 9.49. The van der Waals surface area contributed by atoms with E-state index in [4.69, 9.17) is 9.47 Å². The Hall–Kier alpha value is -3.55. The summed E-state index contributed by atoms with van der Waals surface area (Å²) in [5.41, 5.74) is 0.868. The van der Waals surface area contributed by atoms with Gasteiger partial charge >= 0.3 is 0 Å². The van der Waals surface area contributed by atoms with Gasteiger partial charge in [-0.25, -0.2) is 15.0 Å². The Morgan fingerprint density at radius 3 is 2.24 bits per heavy atom. The number of benzene rings is 1. The number of hydrogen-bond donors (Lipinski definition) is 1. The molecule has 0 saturated carbocycles. The fourth-order valence-corrected chi connectivity index (χ4v) is 3.36. The molecule has 0 amide bonds. The summed E-state index contributed by atoms with van der Waals surface area (Å²) in [6.07, 6.45) is 3.42. The van der Waals surface area contributed by atoms with Crippen molar-refractivity contribution in [2.45, 2.75) is 0 Å². The maximum absolute atomic E-state index is 5.36. The van der Waals surface area contributed by atoms with E-state index in [9.17, 15) is 0 Å². The molecule has 0 bridgehead atoms. The van der Waals surface area contributed by atoms with Crippen LogP contribution >= 0.6 is 0 Å². The number of nitrogens with one attached hydrogen (secondary N) is 1. The smallest absolute Gasteiger partial charge is 0.162 e. The van der Waals surface area contributed by atoms with Crippen molar-refractivity contribution in [1.82, 2.24) is 15.0 Å². The fraction of sp³-hybridized carbons (Fsp3) is 0.286. The van der Waals surface area contributed by atoms with Crippen molar-refractivity contribution >= 4 is 23.1 Å². The summed E-state index contributed by atoms with van der Waals surface area (Å²) in [5, 5.41) is 3.31. The standard InChI is InChI=1S/C21H24N6O2/c1-28-17-7-6-16(13-18(17)29-2)25-19-14-21(24-15-23-19)27-11-9-26(10-12-27)20-5-3-4-8-22-20/h3-8,13-15H,9-12H2,1-2H3,(H,23,24,25). The molecule has 150 valence electrons. The zero-order valence-electron chi connectivity index (χ0n) is 16.6. The number of rotatable bonds is 6. The normalized spacial score (nSPS) is 13.9. The van der Waals surface area contributed by atoms with Crippen LogP contribution in [0, 0.1) is 0 Å². The second kappa shape index (κ2) is 8.64. The van der Waals surface area contributed by atoms with Gasteiger partial charge in [0.05, 0.1) is 14.2 Å². The lowest BCUT2D eigenvalue weighted by molar-refractivity contribution is 0.355. The summed E-state index contributed by atoms with van der Waals surface area (Å²) in [5.74, 6) is 4.01. The molecule has 8 heteroatoms. The summed E-state index contributed by atoms with van der Waals surface area (Å²) in [6.45, 7) is 3.56. The molecule has 0 unspecified atom stereocenters. The second-order valence-corrected chi connectivity index (χ2v) is 6.62. The SMILES string of the molecule is COc1ccc(Nc2cc(N3CCN(c4ccccn4)CC3)ncn2)cc1OC. The van der Waals surface area contributed by atoms with E-state index in [1.807, 2.05) is 48.7 Å². The van der Waals surface area contributed by atoms with Crippen LogP contribution in [-0.2, 0) is 0 Å². The molecule has 4 rings (SSSR count). The van der Waals surface area contributed by atoms with E-state index in [-0.39, 0.29) is 0 Å². The van der Waals surface area contributed by atoms with E-state index in [2.05, 4.69) is 30.1 Å². The number of aromatic nitrogens is 3. The molecule has 0 aliphatic carbocycles. The van der Waals surface area contributed by atoms with Gasteiger partial charge in [-0.2, -0.15) is 0 Å². The molecule has 1 aliphatic rings. The molecule has 3 aromatic rings. The van der Waals surface area contributed by atoms with Crippen LogP contribution in [0.15, 0.2) is 55.0 Å². The third kappa shape index (κ3) is 4.31. The van der Waals surface area contributed by atoms with Crippen LogP contribution in [0.4, 0.5) is 23.1 Å². The maximum Gasteiger partial charge on any atom is 0.162 e. The largest absolute Gasteiger partial charge is 0.493 e. The van der Waals surface area contributed by atoms with Gasteiger partial charge in [-0.1, -0.05) is 6.07 Å². The van der Waals surface area contributed by atoms with Gasteiger partial charge in [0.15, 0.2) is 11.5 Å². The van der Waals surface area contributed by atoms with E-state index in [0.717, 1.165) is 49.3 Å². The van der Waals surface area contributed by atoms with Crippen molar-refractivity contribution in [1.29, 1.82) is 0 Å². The average molecular weight is 392 g/mol. The zero-order valence-corrected chi connectivity index (χ0v) is 16.6. The minimum absolute atomic E-state index is 0.664. The van der Waals surface area contributed by atoms with Crippen molar-refractivity contribution in [3.8, 4) is 11.5 Å². The summed E-state index contributed by atoms with van der Waals surface area (Å²) in [7, 11) is 3.24. The molecule has 1 fully saturated rings. The van der Waals surface area contributed by atoms with Crippen LogP contribution in [0.25, 0.3) is 0 Å². The van der Waals surface area contributed by atoms with Crippen molar-refractivity contribution in [3.63, 3.8) is 0 Å². The Kier molecular flexibility index (Phi) is 5.60. The molecule has 8 nitrogen and oxygen atoms in total. The lowest BCUT2D eigenvalue weighted by Crippen LogP contribution is -2.47. The molecule has 0 radical (unpaired) electrons. The topological polar surface area (TPSA) is 75.6 Å². The first kappa shape index (κ1) is 18.8. The summed E-state index contributed by atoms with van der Waals surface area (Å²) in [4.78, 5) is 17.8. The van der Waals surface area contributed by atoms with Crippen molar-refractivity contribution in [3.05, 3.63) is 55.0 Å². The number of hydrogen-bond acceptors (Lipinski definition) is 8. The predicted octanol–water partition coefficient (Wildman–Crippen LogP) is 2.96. The highest BCUT2D eigenvalue weighted by Crippen LogP contribution is 2.31. The summed E-state index contributed by atoms with van der Waals surface area (Å²) < 4.78 is 10.7. The van der Waals surface area contributed by atoms with Gasteiger partial charge in [-0.3, -0.25) is 0 Å². The van der Waals surface area contributed by atoms with Crippen LogP contribution in [0.1, 0.15) is 0 Å². The lowest BCUT2D eigenvalue weighted by Gasteiger charge is -2.36. The number of methoxy groups -OCH3 is 2. The van der Waals surface area contributed by atoms with Gasteiger partial charge in [-0.05, 0) is 24.3 Å². The Morgan fingerprint density at radius 2 is 1.55 bits per heavy atom. The van der Waals surface area contributed by atoms with Gasteiger partial charge in [0, 0.05) is 50.2 Å². The third-order valence-corrected chi connectivity index (χ3v) is 4.89. The Labute approximate surface area is 170 Å². The molecule has 1 saturated heterocycles. The van der Waals surface area contributed by atoms with Gasteiger partial charge in [-0.15, -0.1) is 0 Å². The van der Waals surface area contributed by atoms with Gasteiger partial charge in [0.25, 0.3) is 0 Å². The molecule has 1 N–H and O–H groups in total.